The summed E-state index contributed by atoms with van der Waals surface area (Å²) < 4.78 is 10.6. The summed E-state index contributed by atoms with van der Waals surface area (Å²) >= 11 is 0. The van der Waals surface area contributed by atoms with Crippen molar-refractivity contribution in [1.29, 1.82) is 0 Å². The van der Waals surface area contributed by atoms with Crippen molar-refractivity contribution in [2.75, 3.05) is 12.1 Å². The molecule has 0 radical (unpaired) electrons. The Bertz CT molecular complexity index is 734. The zero-order valence-corrected chi connectivity index (χ0v) is 12.3. The number of nitrogens with one attached hydrogen (secondary N) is 2. The van der Waals surface area contributed by atoms with Crippen LogP contribution in [0.4, 0.5) is 5.69 Å². The maximum Gasteiger partial charge on any atom is 0.259 e. The number of rotatable bonds is 3. The van der Waals surface area contributed by atoms with Crippen LogP contribution in [0.15, 0.2) is 18.2 Å². The van der Waals surface area contributed by atoms with E-state index in [1.54, 1.807) is 0 Å². The van der Waals surface area contributed by atoms with E-state index in [-0.39, 0.29) is 12.7 Å². The summed E-state index contributed by atoms with van der Waals surface area (Å²) in [5.41, 5.74) is 4.05. The van der Waals surface area contributed by atoms with Gasteiger partial charge < -0.3 is 14.8 Å². The molecule has 1 aromatic carbocycles. The van der Waals surface area contributed by atoms with Gasteiger partial charge in [0.1, 0.15) is 5.75 Å². The van der Waals surface area contributed by atoms with Gasteiger partial charge in [0.25, 0.3) is 5.91 Å². The van der Waals surface area contributed by atoms with Gasteiger partial charge in [-0.25, -0.2) is 0 Å². The van der Waals surface area contributed by atoms with Crippen molar-refractivity contribution in [3.05, 3.63) is 40.7 Å². The van der Waals surface area contributed by atoms with Gasteiger partial charge in [0.2, 0.25) is 0 Å². The first-order valence-electron chi connectivity index (χ1n) is 7.42. The van der Waals surface area contributed by atoms with Crippen molar-refractivity contribution in [2.24, 2.45) is 0 Å². The molecule has 22 heavy (non-hydrogen) atoms. The molecule has 2 aliphatic rings. The molecule has 1 amide bonds. The second-order valence-corrected chi connectivity index (χ2v) is 5.77. The van der Waals surface area contributed by atoms with E-state index in [1.165, 1.54) is 0 Å². The number of anilines is 1. The average molecular weight is 299 g/mol. The fourth-order valence-electron chi connectivity index (χ4n) is 2.75. The molecule has 2 aromatic rings. The molecule has 0 saturated heterocycles. The number of aryl methyl sites for hydroxylation is 1. The molecule has 1 fully saturated rings. The Morgan fingerprint density at radius 2 is 2.27 bits per heavy atom. The normalized spacial score (nSPS) is 16.8. The molecular formula is C16H17N3O3. The second kappa shape index (κ2) is 5.14. The second-order valence-electron chi connectivity index (χ2n) is 5.77. The smallest absolute Gasteiger partial charge is 0.259 e. The van der Waals surface area contributed by atoms with Gasteiger partial charge in [-0.1, -0.05) is 0 Å². The lowest BCUT2D eigenvalue weighted by atomic mass is 10.1. The summed E-state index contributed by atoms with van der Waals surface area (Å²) in [6, 6.07) is 5.59. The Morgan fingerprint density at radius 1 is 1.41 bits per heavy atom. The predicted molar refractivity (Wildman–Crippen MR) is 80.0 cm³/mol. The molecule has 114 valence electrons. The molecule has 1 aromatic heterocycles. The number of nitrogens with zero attached hydrogens (tertiary/aromatic N) is 1. The Kier molecular flexibility index (Phi) is 3.11. The fourth-order valence-corrected chi connectivity index (χ4v) is 2.75. The first-order chi connectivity index (χ1) is 10.7. The highest BCUT2D eigenvalue weighted by molar-refractivity contribution is 6.06. The average Bonchev–Trinajstić information content (AvgIpc) is 3.29. The molecular weight excluding hydrogens is 282 g/mol. The van der Waals surface area contributed by atoms with Gasteiger partial charge in [-0.05, 0) is 38.0 Å². The minimum absolute atomic E-state index is 0.120. The number of ether oxygens (including phenoxy) is 2. The van der Waals surface area contributed by atoms with E-state index in [4.69, 9.17) is 9.47 Å². The fraction of sp³-hybridized carbons (Fsp3) is 0.375. The topological polar surface area (TPSA) is 76.2 Å². The standard InChI is InChI=1S/C16H17N3O3/c1-9-14(15(19-18-9)10-2-3-10)16(20)17-12-4-5-13-11(6-12)7-21-8-22-13/h4-6,10H,2-3,7-8H2,1H3,(H,17,20)(H,18,19). The third-order valence-electron chi connectivity index (χ3n) is 4.04. The maximum atomic E-state index is 12.6. The van der Waals surface area contributed by atoms with Crippen molar-refractivity contribution in [1.82, 2.24) is 10.2 Å². The van der Waals surface area contributed by atoms with Crippen molar-refractivity contribution >= 4 is 11.6 Å². The predicted octanol–water partition coefficient (Wildman–Crippen LogP) is 2.71. The molecule has 0 bridgehead atoms. The largest absolute Gasteiger partial charge is 0.467 e. The monoisotopic (exact) mass is 299 g/mol. The molecule has 1 aliphatic heterocycles. The van der Waals surface area contributed by atoms with E-state index >= 15 is 0 Å². The summed E-state index contributed by atoms with van der Waals surface area (Å²) in [4.78, 5) is 12.6. The molecule has 1 saturated carbocycles. The first-order valence-corrected chi connectivity index (χ1v) is 7.42. The highest BCUT2D eigenvalue weighted by Crippen LogP contribution is 2.41. The van der Waals surface area contributed by atoms with Gasteiger partial charge in [0.15, 0.2) is 6.79 Å². The lowest BCUT2D eigenvalue weighted by Crippen LogP contribution is -2.16. The Morgan fingerprint density at radius 3 is 3.09 bits per heavy atom. The van der Waals surface area contributed by atoms with E-state index in [1.807, 2.05) is 25.1 Å². The minimum Gasteiger partial charge on any atom is -0.467 e. The SMILES string of the molecule is Cc1[nH]nc(C2CC2)c1C(=O)Nc1ccc2c(c1)COCO2. The highest BCUT2D eigenvalue weighted by Gasteiger charge is 2.32. The van der Waals surface area contributed by atoms with Gasteiger partial charge in [-0.3, -0.25) is 9.89 Å². The van der Waals surface area contributed by atoms with Gasteiger partial charge in [-0.2, -0.15) is 5.10 Å². The van der Waals surface area contributed by atoms with E-state index in [9.17, 15) is 4.79 Å². The third kappa shape index (κ3) is 2.35. The zero-order valence-electron chi connectivity index (χ0n) is 12.3. The van der Waals surface area contributed by atoms with Gasteiger partial charge >= 0.3 is 0 Å². The van der Waals surface area contributed by atoms with Crippen LogP contribution < -0.4 is 10.1 Å². The van der Waals surface area contributed by atoms with Crippen LogP contribution in [-0.2, 0) is 11.3 Å². The van der Waals surface area contributed by atoms with Gasteiger partial charge in [0, 0.05) is 22.9 Å². The van der Waals surface area contributed by atoms with Crippen LogP contribution in [0.5, 0.6) is 5.75 Å². The molecule has 6 nitrogen and oxygen atoms in total. The van der Waals surface area contributed by atoms with E-state index < -0.39 is 0 Å². The summed E-state index contributed by atoms with van der Waals surface area (Å²) in [6.45, 7) is 2.65. The van der Waals surface area contributed by atoms with E-state index in [0.29, 0.717) is 18.1 Å². The molecule has 6 heteroatoms. The minimum atomic E-state index is -0.120. The summed E-state index contributed by atoms with van der Waals surface area (Å²) in [5, 5.41) is 10.2. The van der Waals surface area contributed by atoms with Crippen LogP contribution in [0.3, 0.4) is 0 Å². The summed E-state index contributed by atoms with van der Waals surface area (Å²) in [5.74, 6) is 1.11. The number of benzene rings is 1. The third-order valence-corrected chi connectivity index (χ3v) is 4.04. The number of fused-ring (bicyclic) bond motifs is 1. The zero-order chi connectivity index (χ0) is 15.1. The Balaban J connectivity index is 1.58. The van der Waals surface area contributed by atoms with Crippen LogP contribution in [0.1, 0.15) is 46.1 Å². The molecule has 2 heterocycles. The molecule has 0 atom stereocenters. The number of aromatic nitrogens is 2. The van der Waals surface area contributed by atoms with Crippen molar-refractivity contribution in [3.63, 3.8) is 0 Å². The number of carbonyl (C=O) groups excluding carboxylic acids is 1. The molecule has 0 unspecified atom stereocenters. The number of H-pyrrole nitrogens is 1. The Labute approximate surface area is 127 Å². The van der Waals surface area contributed by atoms with Crippen LogP contribution in [0.2, 0.25) is 0 Å². The number of carbonyl (C=O) groups is 1. The molecule has 4 rings (SSSR count). The summed E-state index contributed by atoms with van der Waals surface area (Å²) in [7, 11) is 0. The number of aromatic amines is 1. The van der Waals surface area contributed by atoms with Crippen molar-refractivity contribution < 1.29 is 14.3 Å². The lowest BCUT2D eigenvalue weighted by molar-refractivity contribution is -0.0163. The van der Waals surface area contributed by atoms with E-state index in [2.05, 4.69) is 15.5 Å². The first kappa shape index (κ1) is 13.3. The van der Waals surface area contributed by atoms with Crippen LogP contribution in [0.25, 0.3) is 0 Å². The quantitative estimate of drug-likeness (QED) is 0.913. The van der Waals surface area contributed by atoms with Gasteiger partial charge in [-0.15, -0.1) is 0 Å². The van der Waals surface area contributed by atoms with Crippen LogP contribution in [-0.4, -0.2) is 22.9 Å². The molecule has 1 aliphatic carbocycles. The molecule has 2 N–H and O–H groups in total. The summed E-state index contributed by atoms with van der Waals surface area (Å²) in [6.07, 6.45) is 2.22. The van der Waals surface area contributed by atoms with Crippen molar-refractivity contribution in [3.8, 4) is 5.75 Å². The van der Waals surface area contributed by atoms with E-state index in [0.717, 1.165) is 41.2 Å². The number of hydrogen-bond acceptors (Lipinski definition) is 4. The number of amides is 1. The Hall–Kier alpha value is -2.34. The maximum absolute atomic E-state index is 12.6. The van der Waals surface area contributed by atoms with Gasteiger partial charge in [0.05, 0.1) is 17.9 Å². The van der Waals surface area contributed by atoms with Crippen LogP contribution in [0, 0.1) is 6.92 Å². The van der Waals surface area contributed by atoms with Crippen LogP contribution >= 0.6 is 0 Å². The number of hydrogen-bond donors (Lipinski definition) is 2. The lowest BCUT2D eigenvalue weighted by Gasteiger charge is -2.18. The van der Waals surface area contributed by atoms with Crippen molar-refractivity contribution in [2.45, 2.75) is 32.3 Å². The molecule has 0 spiro atoms. The highest BCUT2D eigenvalue weighted by atomic mass is 16.7.